The van der Waals surface area contributed by atoms with Crippen LogP contribution in [0.5, 0.6) is 5.75 Å². The van der Waals surface area contributed by atoms with E-state index in [2.05, 4.69) is 41.0 Å². The Hall–Kier alpha value is -2.33. The fraction of sp³-hybridized carbons (Fsp3) is 0.480. The Bertz CT molecular complexity index is 840. The molecule has 0 aromatic heterocycles. The van der Waals surface area contributed by atoms with Crippen LogP contribution in [0.25, 0.3) is 0 Å². The third-order valence-corrected chi connectivity index (χ3v) is 6.23. The van der Waals surface area contributed by atoms with Crippen molar-refractivity contribution in [2.75, 3.05) is 44.2 Å². The van der Waals surface area contributed by atoms with Crippen molar-refractivity contribution >= 4 is 11.5 Å². The quantitative estimate of drug-likeness (QED) is 0.656. The SMILES string of the molecule is CCc1ccccc1N1CCN(CCCOc2cccc3c2CCCC3=O)CC1. The van der Waals surface area contributed by atoms with Crippen LogP contribution < -0.4 is 9.64 Å². The normalized spacial score (nSPS) is 17.3. The molecule has 0 unspecified atom stereocenters. The van der Waals surface area contributed by atoms with E-state index in [0.717, 1.165) is 75.3 Å². The van der Waals surface area contributed by atoms with Gasteiger partial charge in [0.25, 0.3) is 0 Å². The molecule has 0 saturated carbocycles. The minimum Gasteiger partial charge on any atom is -0.493 e. The number of hydrogen-bond acceptors (Lipinski definition) is 4. The van der Waals surface area contributed by atoms with Gasteiger partial charge in [-0.1, -0.05) is 37.3 Å². The summed E-state index contributed by atoms with van der Waals surface area (Å²) in [5.74, 6) is 1.18. The number of carbonyl (C=O) groups excluding carboxylic acids is 1. The van der Waals surface area contributed by atoms with Gasteiger partial charge in [0.05, 0.1) is 6.61 Å². The second kappa shape index (κ2) is 9.45. The topological polar surface area (TPSA) is 32.8 Å². The summed E-state index contributed by atoms with van der Waals surface area (Å²) in [5.41, 5.74) is 4.84. The van der Waals surface area contributed by atoms with E-state index in [1.165, 1.54) is 11.3 Å². The van der Waals surface area contributed by atoms with Crippen LogP contribution in [-0.2, 0) is 12.8 Å². The minimum absolute atomic E-state index is 0.263. The molecule has 1 heterocycles. The van der Waals surface area contributed by atoms with Gasteiger partial charge in [0.15, 0.2) is 5.78 Å². The van der Waals surface area contributed by atoms with Gasteiger partial charge in [-0.15, -0.1) is 0 Å². The van der Waals surface area contributed by atoms with Crippen molar-refractivity contribution in [3.8, 4) is 5.75 Å². The molecule has 0 amide bonds. The molecule has 0 N–H and O–H groups in total. The third-order valence-electron chi connectivity index (χ3n) is 6.23. The van der Waals surface area contributed by atoms with Gasteiger partial charge in [-0.25, -0.2) is 0 Å². The molecular formula is C25H32N2O2. The van der Waals surface area contributed by atoms with Crippen molar-refractivity contribution in [1.29, 1.82) is 0 Å². The lowest BCUT2D eigenvalue weighted by Gasteiger charge is -2.37. The number of nitrogens with zero attached hydrogens (tertiary/aromatic N) is 2. The highest BCUT2D eigenvalue weighted by molar-refractivity contribution is 5.99. The number of para-hydroxylation sites is 1. The maximum absolute atomic E-state index is 12.1. The molecule has 4 rings (SSSR count). The van der Waals surface area contributed by atoms with Gasteiger partial charge in [0, 0.05) is 56.0 Å². The third kappa shape index (κ3) is 4.64. The van der Waals surface area contributed by atoms with Gasteiger partial charge in [0.2, 0.25) is 0 Å². The predicted octanol–water partition coefficient (Wildman–Crippen LogP) is 4.36. The largest absolute Gasteiger partial charge is 0.493 e. The summed E-state index contributed by atoms with van der Waals surface area (Å²) >= 11 is 0. The first-order chi connectivity index (χ1) is 14.3. The maximum atomic E-state index is 12.1. The number of hydrogen-bond donors (Lipinski definition) is 0. The highest BCUT2D eigenvalue weighted by Crippen LogP contribution is 2.29. The lowest BCUT2D eigenvalue weighted by Crippen LogP contribution is -2.47. The number of anilines is 1. The highest BCUT2D eigenvalue weighted by Gasteiger charge is 2.21. The number of fused-ring (bicyclic) bond motifs is 1. The monoisotopic (exact) mass is 392 g/mol. The fourth-order valence-electron chi connectivity index (χ4n) is 4.58. The number of piperazine rings is 1. The molecule has 0 radical (unpaired) electrons. The summed E-state index contributed by atoms with van der Waals surface area (Å²) in [6.45, 7) is 8.40. The van der Waals surface area contributed by atoms with Crippen molar-refractivity contribution in [2.45, 2.75) is 39.0 Å². The Morgan fingerprint density at radius 1 is 0.966 bits per heavy atom. The second-order valence-electron chi connectivity index (χ2n) is 8.07. The molecule has 2 aliphatic rings. The molecule has 1 aliphatic heterocycles. The Labute approximate surface area is 174 Å². The zero-order valence-electron chi connectivity index (χ0n) is 17.5. The highest BCUT2D eigenvalue weighted by atomic mass is 16.5. The number of rotatable bonds is 7. The lowest BCUT2D eigenvalue weighted by atomic mass is 9.90. The summed E-state index contributed by atoms with van der Waals surface area (Å²) in [7, 11) is 0. The van der Waals surface area contributed by atoms with Crippen LogP contribution in [0.1, 0.15) is 47.7 Å². The van der Waals surface area contributed by atoms with Crippen molar-refractivity contribution in [3.63, 3.8) is 0 Å². The Morgan fingerprint density at radius 2 is 1.79 bits per heavy atom. The predicted molar refractivity (Wildman–Crippen MR) is 118 cm³/mol. The molecule has 0 bridgehead atoms. The number of aryl methyl sites for hydroxylation is 1. The van der Waals surface area contributed by atoms with E-state index in [1.54, 1.807) is 0 Å². The maximum Gasteiger partial charge on any atom is 0.163 e. The average Bonchev–Trinajstić information content (AvgIpc) is 2.77. The molecule has 4 nitrogen and oxygen atoms in total. The van der Waals surface area contributed by atoms with Gasteiger partial charge in [-0.05, 0) is 43.4 Å². The number of benzene rings is 2. The van der Waals surface area contributed by atoms with Crippen LogP contribution in [0.3, 0.4) is 0 Å². The van der Waals surface area contributed by atoms with Crippen molar-refractivity contribution in [1.82, 2.24) is 4.90 Å². The first-order valence-electron chi connectivity index (χ1n) is 11.1. The van der Waals surface area contributed by atoms with Crippen molar-refractivity contribution in [2.24, 2.45) is 0 Å². The molecule has 2 aromatic carbocycles. The van der Waals surface area contributed by atoms with Gasteiger partial charge < -0.3 is 9.64 Å². The van der Waals surface area contributed by atoms with Gasteiger partial charge >= 0.3 is 0 Å². The minimum atomic E-state index is 0.263. The van der Waals surface area contributed by atoms with Crippen molar-refractivity contribution in [3.05, 3.63) is 59.2 Å². The Balaban J connectivity index is 1.23. The Morgan fingerprint density at radius 3 is 2.62 bits per heavy atom. The smallest absolute Gasteiger partial charge is 0.163 e. The second-order valence-corrected chi connectivity index (χ2v) is 8.07. The van der Waals surface area contributed by atoms with Crippen LogP contribution in [0.15, 0.2) is 42.5 Å². The molecule has 0 spiro atoms. The van der Waals surface area contributed by atoms with Crippen LogP contribution in [0.2, 0.25) is 0 Å². The number of ether oxygens (including phenoxy) is 1. The van der Waals surface area contributed by atoms with Crippen LogP contribution in [-0.4, -0.2) is 50.0 Å². The first kappa shape index (κ1) is 20.0. The standard InChI is InChI=1S/C25H32N2O2/c1-2-20-8-3-4-11-23(20)27-17-15-26(16-18-27)14-7-19-29-25-13-6-9-21-22(25)10-5-12-24(21)28/h3-4,6,8-9,11,13H,2,5,7,10,12,14-19H2,1H3. The molecule has 1 saturated heterocycles. The fourth-order valence-corrected chi connectivity index (χ4v) is 4.58. The van der Waals surface area contributed by atoms with Gasteiger partial charge in [0.1, 0.15) is 5.75 Å². The molecule has 2 aromatic rings. The Kier molecular flexibility index (Phi) is 6.50. The summed E-state index contributed by atoms with van der Waals surface area (Å²) in [6, 6.07) is 14.7. The van der Waals surface area contributed by atoms with Crippen LogP contribution >= 0.6 is 0 Å². The van der Waals surface area contributed by atoms with E-state index in [-0.39, 0.29) is 5.78 Å². The average molecular weight is 393 g/mol. The van der Waals surface area contributed by atoms with E-state index in [4.69, 9.17) is 4.74 Å². The first-order valence-corrected chi connectivity index (χ1v) is 11.1. The molecule has 4 heteroatoms. The molecule has 1 fully saturated rings. The van der Waals surface area contributed by atoms with E-state index in [0.29, 0.717) is 13.0 Å². The number of Topliss-reactive ketones (excluding diaryl/α,β-unsaturated/α-hetero) is 1. The van der Waals surface area contributed by atoms with E-state index >= 15 is 0 Å². The van der Waals surface area contributed by atoms with Gasteiger partial charge in [-0.2, -0.15) is 0 Å². The summed E-state index contributed by atoms with van der Waals surface area (Å²) in [4.78, 5) is 17.1. The zero-order valence-corrected chi connectivity index (χ0v) is 17.5. The molecule has 29 heavy (non-hydrogen) atoms. The molecule has 0 atom stereocenters. The number of ketones is 1. The lowest BCUT2D eigenvalue weighted by molar-refractivity contribution is 0.0971. The van der Waals surface area contributed by atoms with Crippen LogP contribution in [0, 0.1) is 0 Å². The van der Waals surface area contributed by atoms with E-state index < -0.39 is 0 Å². The summed E-state index contributed by atoms with van der Waals surface area (Å²) < 4.78 is 6.08. The zero-order chi connectivity index (χ0) is 20.1. The molecule has 154 valence electrons. The molecule has 1 aliphatic carbocycles. The van der Waals surface area contributed by atoms with Crippen molar-refractivity contribution < 1.29 is 9.53 Å². The molecular weight excluding hydrogens is 360 g/mol. The summed E-state index contributed by atoms with van der Waals surface area (Å²) in [5, 5.41) is 0. The van der Waals surface area contributed by atoms with E-state index in [9.17, 15) is 4.79 Å². The number of carbonyl (C=O) groups is 1. The summed E-state index contributed by atoms with van der Waals surface area (Å²) in [6.07, 6.45) is 4.67. The van der Waals surface area contributed by atoms with Crippen LogP contribution in [0.4, 0.5) is 5.69 Å². The van der Waals surface area contributed by atoms with Gasteiger partial charge in [-0.3, -0.25) is 9.69 Å². The van der Waals surface area contributed by atoms with E-state index in [1.807, 2.05) is 18.2 Å².